The zero-order valence-corrected chi connectivity index (χ0v) is 12.0. The number of aromatic nitrogens is 1. The molecule has 1 N–H and O–H groups in total. The molecule has 2 rings (SSSR count). The number of hydrogen-bond acceptors (Lipinski definition) is 2. The molecule has 0 saturated carbocycles. The molecule has 0 spiro atoms. The summed E-state index contributed by atoms with van der Waals surface area (Å²) in [6, 6.07) is 5.58. The molecule has 0 aliphatic carbocycles. The number of alkyl halides is 2. The number of rotatable bonds is 4. The number of aryl methyl sites for hydroxylation is 1. The first-order valence-corrected chi connectivity index (χ1v) is 6.62. The van der Waals surface area contributed by atoms with E-state index in [4.69, 9.17) is 11.6 Å². The third kappa shape index (κ3) is 3.76. The molecular weight excluding hydrogens is 298 g/mol. The van der Waals surface area contributed by atoms with Gasteiger partial charge in [0.15, 0.2) is 0 Å². The number of nitrogens with one attached hydrogen (secondary N) is 1. The number of hydrogen-bond donors (Lipinski definition) is 1. The van der Waals surface area contributed by atoms with Gasteiger partial charge in [0.05, 0.1) is 5.02 Å². The number of amides is 1. The zero-order valence-electron chi connectivity index (χ0n) is 11.2. The molecule has 0 bridgehead atoms. The smallest absolute Gasteiger partial charge is 0.265 e. The Hall–Kier alpha value is -2.01. The van der Waals surface area contributed by atoms with E-state index in [1.165, 1.54) is 12.1 Å². The number of pyridine rings is 1. The molecular formula is C15H13ClF2N2O. The van der Waals surface area contributed by atoms with Crippen molar-refractivity contribution in [1.29, 1.82) is 0 Å². The third-order valence-corrected chi connectivity index (χ3v) is 3.41. The highest BCUT2D eigenvalue weighted by Gasteiger charge is 2.14. The second-order valence-electron chi connectivity index (χ2n) is 4.52. The van der Waals surface area contributed by atoms with Crippen molar-refractivity contribution in [3.05, 3.63) is 63.9 Å². The van der Waals surface area contributed by atoms with Crippen molar-refractivity contribution < 1.29 is 13.6 Å². The highest BCUT2D eigenvalue weighted by molar-refractivity contribution is 6.31. The highest BCUT2D eigenvalue weighted by Crippen LogP contribution is 2.27. The van der Waals surface area contributed by atoms with Crippen molar-refractivity contribution in [3.8, 4) is 0 Å². The van der Waals surface area contributed by atoms with Gasteiger partial charge in [0.2, 0.25) is 0 Å². The molecule has 0 aliphatic heterocycles. The first-order chi connectivity index (χ1) is 9.99. The summed E-state index contributed by atoms with van der Waals surface area (Å²) in [6.45, 7) is 2.23. The maximum absolute atomic E-state index is 12.6. The first-order valence-electron chi connectivity index (χ1n) is 6.24. The monoisotopic (exact) mass is 310 g/mol. The average molecular weight is 311 g/mol. The van der Waals surface area contributed by atoms with Crippen molar-refractivity contribution in [1.82, 2.24) is 10.3 Å². The van der Waals surface area contributed by atoms with Crippen molar-refractivity contribution in [2.45, 2.75) is 19.9 Å². The van der Waals surface area contributed by atoms with E-state index in [-0.39, 0.29) is 22.1 Å². The second kappa shape index (κ2) is 6.63. The van der Waals surface area contributed by atoms with Crippen LogP contribution in [0.4, 0.5) is 8.78 Å². The lowest BCUT2D eigenvalue weighted by Crippen LogP contribution is -2.23. The molecule has 110 valence electrons. The van der Waals surface area contributed by atoms with E-state index in [0.717, 1.165) is 17.2 Å². The molecule has 1 amide bonds. The van der Waals surface area contributed by atoms with Crippen LogP contribution in [0.25, 0.3) is 0 Å². The predicted octanol–water partition coefficient (Wildman–Crippen LogP) is 3.91. The Bertz CT molecular complexity index is 662. The Labute approximate surface area is 126 Å². The van der Waals surface area contributed by atoms with E-state index < -0.39 is 6.43 Å². The quantitative estimate of drug-likeness (QED) is 0.930. The Morgan fingerprint density at radius 2 is 2.14 bits per heavy atom. The van der Waals surface area contributed by atoms with Crippen LogP contribution in [0.5, 0.6) is 0 Å². The Morgan fingerprint density at radius 3 is 2.76 bits per heavy atom. The SMILES string of the molecule is Cc1ccncc1CNC(=O)c1ccc(C(F)F)c(Cl)c1. The minimum atomic E-state index is -2.66. The van der Waals surface area contributed by atoms with E-state index in [1.54, 1.807) is 12.4 Å². The van der Waals surface area contributed by atoms with Crippen LogP contribution < -0.4 is 5.32 Å². The molecule has 0 fully saturated rings. The second-order valence-corrected chi connectivity index (χ2v) is 4.93. The molecule has 0 saturated heterocycles. The van der Waals surface area contributed by atoms with Gasteiger partial charge in [-0.05, 0) is 36.2 Å². The minimum Gasteiger partial charge on any atom is -0.348 e. The molecule has 0 aliphatic rings. The summed E-state index contributed by atoms with van der Waals surface area (Å²) in [5.74, 6) is -0.374. The average Bonchev–Trinajstić information content (AvgIpc) is 2.45. The third-order valence-electron chi connectivity index (χ3n) is 3.08. The molecule has 1 heterocycles. The van der Waals surface area contributed by atoms with Crippen molar-refractivity contribution in [3.63, 3.8) is 0 Å². The summed E-state index contributed by atoms with van der Waals surface area (Å²) in [5, 5.41) is 2.59. The van der Waals surface area contributed by atoms with Gasteiger partial charge in [0.25, 0.3) is 12.3 Å². The lowest BCUT2D eigenvalue weighted by Gasteiger charge is -2.09. The highest BCUT2D eigenvalue weighted by atomic mass is 35.5. The van der Waals surface area contributed by atoms with Gasteiger partial charge in [0.1, 0.15) is 0 Å². The molecule has 6 heteroatoms. The molecule has 1 aromatic heterocycles. The van der Waals surface area contributed by atoms with Crippen LogP contribution in [0.15, 0.2) is 36.7 Å². The molecule has 0 atom stereocenters. The predicted molar refractivity (Wildman–Crippen MR) is 76.6 cm³/mol. The molecule has 1 aromatic carbocycles. The zero-order chi connectivity index (χ0) is 15.4. The van der Waals surface area contributed by atoms with Crippen molar-refractivity contribution in [2.75, 3.05) is 0 Å². The summed E-state index contributed by atoms with van der Waals surface area (Å²) in [5.41, 5.74) is 1.86. The van der Waals surface area contributed by atoms with Gasteiger partial charge in [-0.2, -0.15) is 0 Å². The fourth-order valence-corrected chi connectivity index (χ4v) is 2.07. The summed E-state index contributed by atoms with van der Waals surface area (Å²) in [6.07, 6.45) is 0.680. The summed E-state index contributed by atoms with van der Waals surface area (Å²) in [4.78, 5) is 16.0. The minimum absolute atomic E-state index is 0.116. The first kappa shape index (κ1) is 15.4. The molecule has 2 aromatic rings. The lowest BCUT2D eigenvalue weighted by atomic mass is 10.1. The van der Waals surface area contributed by atoms with Gasteiger partial charge in [-0.15, -0.1) is 0 Å². The van der Waals surface area contributed by atoms with Gasteiger partial charge in [-0.1, -0.05) is 17.7 Å². The van der Waals surface area contributed by atoms with E-state index in [1.807, 2.05) is 13.0 Å². The number of benzene rings is 1. The molecule has 21 heavy (non-hydrogen) atoms. The number of carbonyl (C=O) groups is 1. The van der Waals surface area contributed by atoms with Crippen LogP contribution in [-0.4, -0.2) is 10.9 Å². The van der Waals surface area contributed by atoms with E-state index in [2.05, 4.69) is 10.3 Å². The molecule has 0 radical (unpaired) electrons. The van der Waals surface area contributed by atoms with Crippen LogP contribution in [0, 0.1) is 6.92 Å². The van der Waals surface area contributed by atoms with E-state index in [9.17, 15) is 13.6 Å². The molecule has 0 unspecified atom stereocenters. The number of halogens is 3. The van der Waals surface area contributed by atoms with Crippen molar-refractivity contribution in [2.24, 2.45) is 0 Å². The van der Waals surface area contributed by atoms with Crippen LogP contribution >= 0.6 is 11.6 Å². The maximum Gasteiger partial charge on any atom is 0.265 e. The Balaban J connectivity index is 2.07. The number of nitrogens with zero attached hydrogens (tertiary/aromatic N) is 1. The van der Waals surface area contributed by atoms with Gasteiger partial charge in [-0.3, -0.25) is 9.78 Å². The fourth-order valence-electron chi connectivity index (χ4n) is 1.80. The van der Waals surface area contributed by atoms with Gasteiger partial charge >= 0.3 is 0 Å². The van der Waals surface area contributed by atoms with E-state index in [0.29, 0.717) is 6.54 Å². The summed E-state index contributed by atoms with van der Waals surface area (Å²) in [7, 11) is 0. The Morgan fingerprint density at radius 1 is 1.38 bits per heavy atom. The number of carbonyl (C=O) groups excluding carboxylic acids is 1. The van der Waals surface area contributed by atoms with E-state index >= 15 is 0 Å². The fraction of sp³-hybridized carbons (Fsp3) is 0.200. The van der Waals surface area contributed by atoms with Crippen LogP contribution in [0.1, 0.15) is 33.5 Å². The Kier molecular flexibility index (Phi) is 4.85. The van der Waals surface area contributed by atoms with Gasteiger partial charge in [-0.25, -0.2) is 8.78 Å². The topological polar surface area (TPSA) is 42.0 Å². The lowest BCUT2D eigenvalue weighted by molar-refractivity contribution is 0.0950. The van der Waals surface area contributed by atoms with Crippen LogP contribution in [0.2, 0.25) is 5.02 Å². The van der Waals surface area contributed by atoms with Crippen LogP contribution in [-0.2, 0) is 6.54 Å². The van der Waals surface area contributed by atoms with Gasteiger partial charge in [0, 0.05) is 30.1 Å². The van der Waals surface area contributed by atoms with Crippen molar-refractivity contribution >= 4 is 17.5 Å². The largest absolute Gasteiger partial charge is 0.348 e. The molecule has 3 nitrogen and oxygen atoms in total. The van der Waals surface area contributed by atoms with Crippen LogP contribution in [0.3, 0.4) is 0 Å². The van der Waals surface area contributed by atoms with Gasteiger partial charge < -0.3 is 5.32 Å². The normalized spacial score (nSPS) is 10.7. The summed E-state index contributed by atoms with van der Waals surface area (Å²) >= 11 is 5.74. The standard InChI is InChI=1S/C15H13ClF2N2O/c1-9-4-5-19-7-11(9)8-20-15(21)10-2-3-12(14(17)18)13(16)6-10/h2-7,14H,8H2,1H3,(H,20,21). The maximum atomic E-state index is 12.6. The summed E-state index contributed by atoms with van der Waals surface area (Å²) < 4.78 is 25.2.